The van der Waals surface area contributed by atoms with E-state index in [0.717, 1.165) is 0 Å². The van der Waals surface area contributed by atoms with Crippen LogP contribution in [0.25, 0.3) is 0 Å². The van der Waals surface area contributed by atoms with Crippen LogP contribution in [-0.4, -0.2) is 26.2 Å². The summed E-state index contributed by atoms with van der Waals surface area (Å²) < 4.78 is 43.1. The Morgan fingerprint density at radius 1 is 1.37 bits per heavy atom. The molecule has 0 radical (unpaired) electrons. The summed E-state index contributed by atoms with van der Waals surface area (Å²) in [6.45, 7) is 2.14. The van der Waals surface area contributed by atoms with E-state index in [0.29, 0.717) is 23.0 Å². The normalized spacial score (nSPS) is 12.9. The molecule has 0 aliphatic heterocycles. The van der Waals surface area contributed by atoms with Gasteiger partial charge in [-0.25, -0.2) is 13.2 Å². The third-order valence-electron chi connectivity index (χ3n) is 2.60. The number of rotatable bonds is 8. The molecule has 6 heteroatoms. The van der Waals surface area contributed by atoms with E-state index in [1.165, 1.54) is 0 Å². The van der Waals surface area contributed by atoms with Crippen LogP contribution in [0.2, 0.25) is 0 Å². The summed E-state index contributed by atoms with van der Waals surface area (Å²) in [5, 5.41) is 3.13. The Hall–Kier alpha value is -0.590. The molecule has 1 aromatic carbocycles. The fourth-order valence-electron chi connectivity index (χ4n) is 1.78. The van der Waals surface area contributed by atoms with Crippen LogP contribution in [0.5, 0.6) is 0 Å². The van der Waals surface area contributed by atoms with Crippen LogP contribution in [0.15, 0.2) is 22.7 Å². The smallest absolute Gasteiger partial charge is 0.261 e. The molecule has 1 N–H and O–H groups in total. The van der Waals surface area contributed by atoms with E-state index in [-0.39, 0.29) is 18.5 Å². The van der Waals surface area contributed by atoms with E-state index in [1.807, 2.05) is 6.92 Å². The molecule has 1 unspecified atom stereocenters. The Labute approximate surface area is 119 Å². The number of benzene rings is 1. The first kappa shape index (κ1) is 16.5. The number of hydrogen-bond donors (Lipinski definition) is 1. The zero-order chi connectivity index (χ0) is 14.3. The van der Waals surface area contributed by atoms with Crippen molar-refractivity contribution in [3.05, 3.63) is 34.1 Å². The van der Waals surface area contributed by atoms with Gasteiger partial charge in [-0.1, -0.05) is 19.1 Å². The minimum Gasteiger partial charge on any atom is -0.375 e. The Morgan fingerprint density at radius 2 is 2.11 bits per heavy atom. The van der Waals surface area contributed by atoms with Gasteiger partial charge in [0, 0.05) is 18.2 Å². The zero-order valence-corrected chi connectivity index (χ0v) is 12.2. The largest absolute Gasteiger partial charge is 0.375 e. The third-order valence-corrected chi connectivity index (χ3v) is 3.21. The molecule has 0 fully saturated rings. The molecular formula is C13H17BrF3NO. The lowest BCUT2D eigenvalue weighted by molar-refractivity contribution is 0.0143. The minimum atomic E-state index is -2.47. The van der Waals surface area contributed by atoms with Crippen molar-refractivity contribution in [3.8, 4) is 0 Å². The average molecular weight is 340 g/mol. The van der Waals surface area contributed by atoms with Gasteiger partial charge >= 0.3 is 0 Å². The zero-order valence-electron chi connectivity index (χ0n) is 10.6. The summed E-state index contributed by atoms with van der Waals surface area (Å²) in [6, 6.07) is 4.79. The Kier molecular flexibility index (Phi) is 7.41. The number of alkyl halides is 2. The molecule has 19 heavy (non-hydrogen) atoms. The summed E-state index contributed by atoms with van der Waals surface area (Å²) in [5.74, 6) is -0.331. The average Bonchev–Trinajstić information content (AvgIpc) is 2.36. The van der Waals surface area contributed by atoms with Gasteiger partial charge in [-0.15, -0.1) is 0 Å². The van der Waals surface area contributed by atoms with E-state index in [9.17, 15) is 13.2 Å². The quantitative estimate of drug-likeness (QED) is 0.725. The predicted molar refractivity (Wildman–Crippen MR) is 72.0 cm³/mol. The third kappa shape index (κ3) is 5.50. The lowest BCUT2D eigenvalue weighted by Crippen LogP contribution is -2.24. The summed E-state index contributed by atoms with van der Waals surface area (Å²) in [5.41, 5.74) is 0.511. The standard InChI is InChI=1S/C13H17BrF3NO/c1-2-18-11(6-7-19-8-12(15)16)9-4-3-5-10(14)13(9)17/h3-5,11-12,18H,2,6-8H2,1H3. The molecule has 0 aliphatic rings. The summed E-state index contributed by atoms with van der Waals surface area (Å²) >= 11 is 3.13. The first-order valence-electron chi connectivity index (χ1n) is 6.09. The van der Waals surface area contributed by atoms with Gasteiger partial charge in [0.15, 0.2) is 0 Å². The highest BCUT2D eigenvalue weighted by molar-refractivity contribution is 9.10. The molecule has 1 aromatic rings. The first-order valence-corrected chi connectivity index (χ1v) is 6.88. The van der Waals surface area contributed by atoms with Gasteiger partial charge in [-0.05, 0) is 35.0 Å². The van der Waals surface area contributed by atoms with Crippen molar-refractivity contribution in [2.24, 2.45) is 0 Å². The molecule has 108 valence electrons. The topological polar surface area (TPSA) is 21.3 Å². The molecule has 0 saturated heterocycles. The van der Waals surface area contributed by atoms with Gasteiger partial charge in [0.2, 0.25) is 0 Å². The van der Waals surface area contributed by atoms with E-state index < -0.39 is 13.0 Å². The molecule has 2 nitrogen and oxygen atoms in total. The molecule has 0 aromatic heterocycles. The van der Waals surface area contributed by atoms with Crippen LogP contribution in [0.3, 0.4) is 0 Å². The van der Waals surface area contributed by atoms with Gasteiger partial charge in [0.05, 0.1) is 4.47 Å². The highest BCUT2D eigenvalue weighted by atomic mass is 79.9. The lowest BCUT2D eigenvalue weighted by atomic mass is 10.0. The lowest BCUT2D eigenvalue weighted by Gasteiger charge is -2.19. The van der Waals surface area contributed by atoms with Gasteiger partial charge in [0.25, 0.3) is 6.43 Å². The van der Waals surface area contributed by atoms with Gasteiger partial charge < -0.3 is 10.1 Å². The van der Waals surface area contributed by atoms with Crippen molar-refractivity contribution in [2.45, 2.75) is 25.8 Å². The maximum Gasteiger partial charge on any atom is 0.261 e. The van der Waals surface area contributed by atoms with Crippen molar-refractivity contribution < 1.29 is 17.9 Å². The van der Waals surface area contributed by atoms with Crippen LogP contribution in [0.4, 0.5) is 13.2 Å². The van der Waals surface area contributed by atoms with Crippen LogP contribution < -0.4 is 5.32 Å². The van der Waals surface area contributed by atoms with E-state index in [2.05, 4.69) is 21.2 Å². The van der Waals surface area contributed by atoms with Gasteiger partial charge in [-0.3, -0.25) is 0 Å². The van der Waals surface area contributed by atoms with Crippen LogP contribution in [0.1, 0.15) is 24.9 Å². The molecular weight excluding hydrogens is 323 g/mol. The Morgan fingerprint density at radius 3 is 2.74 bits per heavy atom. The Balaban J connectivity index is 2.63. The number of ether oxygens (including phenoxy) is 1. The van der Waals surface area contributed by atoms with E-state index >= 15 is 0 Å². The maximum absolute atomic E-state index is 14.0. The molecule has 0 saturated carbocycles. The number of halogens is 4. The molecule has 1 rings (SSSR count). The van der Waals surface area contributed by atoms with Gasteiger partial charge in [-0.2, -0.15) is 0 Å². The molecule has 0 heterocycles. The van der Waals surface area contributed by atoms with Crippen molar-refractivity contribution in [1.82, 2.24) is 5.32 Å². The van der Waals surface area contributed by atoms with Crippen LogP contribution >= 0.6 is 15.9 Å². The van der Waals surface area contributed by atoms with Crippen molar-refractivity contribution in [1.29, 1.82) is 0 Å². The maximum atomic E-state index is 14.0. The van der Waals surface area contributed by atoms with Crippen molar-refractivity contribution >= 4 is 15.9 Å². The second-order valence-electron chi connectivity index (χ2n) is 4.01. The van der Waals surface area contributed by atoms with Crippen LogP contribution in [0, 0.1) is 5.82 Å². The van der Waals surface area contributed by atoms with Crippen molar-refractivity contribution in [2.75, 3.05) is 19.8 Å². The summed E-state index contributed by atoms with van der Waals surface area (Å²) in [4.78, 5) is 0. The van der Waals surface area contributed by atoms with Crippen LogP contribution in [-0.2, 0) is 4.74 Å². The second kappa shape index (κ2) is 8.55. The number of hydrogen-bond acceptors (Lipinski definition) is 2. The summed E-state index contributed by atoms with van der Waals surface area (Å²) in [7, 11) is 0. The summed E-state index contributed by atoms with van der Waals surface area (Å²) in [6.07, 6.45) is -2.03. The van der Waals surface area contributed by atoms with Gasteiger partial charge in [0.1, 0.15) is 12.4 Å². The monoisotopic (exact) mass is 339 g/mol. The van der Waals surface area contributed by atoms with Crippen molar-refractivity contribution in [3.63, 3.8) is 0 Å². The fraction of sp³-hybridized carbons (Fsp3) is 0.538. The number of nitrogens with one attached hydrogen (secondary N) is 1. The molecule has 1 atom stereocenters. The molecule has 0 amide bonds. The SMILES string of the molecule is CCNC(CCOCC(F)F)c1cccc(Br)c1F. The predicted octanol–water partition coefficient (Wildman–Crippen LogP) is 3.91. The first-order chi connectivity index (χ1) is 9.06. The molecule has 0 aliphatic carbocycles. The fourth-order valence-corrected chi connectivity index (χ4v) is 2.16. The highest BCUT2D eigenvalue weighted by Crippen LogP contribution is 2.25. The molecule has 0 bridgehead atoms. The van der Waals surface area contributed by atoms with E-state index in [4.69, 9.17) is 4.74 Å². The highest BCUT2D eigenvalue weighted by Gasteiger charge is 2.16. The van der Waals surface area contributed by atoms with E-state index in [1.54, 1.807) is 18.2 Å². The second-order valence-corrected chi connectivity index (χ2v) is 4.86. The Bertz CT molecular complexity index is 390. The minimum absolute atomic E-state index is 0.161. The molecule has 0 spiro atoms.